The molecule has 6 heteroatoms. The van der Waals surface area contributed by atoms with Gasteiger partial charge >= 0.3 is 5.97 Å². The number of ketones is 1. The number of rotatable bonds is 7. The first-order valence-corrected chi connectivity index (χ1v) is 6.76. The van der Waals surface area contributed by atoms with Gasteiger partial charge in [-0.2, -0.15) is 0 Å². The summed E-state index contributed by atoms with van der Waals surface area (Å²) < 4.78 is 10.0. The SMILES string of the molecule is CCCC(=O)C(C(=O)OCC)=C(N)c1cccnc1OC. The van der Waals surface area contributed by atoms with E-state index in [-0.39, 0.29) is 36.0 Å². The van der Waals surface area contributed by atoms with Gasteiger partial charge in [0.1, 0.15) is 5.57 Å². The molecule has 1 aromatic rings. The summed E-state index contributed by atoms with van der Waals surface area (Å²) >= 11 is 0. The number of aromatic nitrogens is 1. The normalized spacial score (nSPS) is 11.6. The summed E-state index contributed by atoms with van der Waals surface area (Å²) in [5.74, 6) is -0.820. The van der Waals surface area contributed by atoms with Gasteiger partial charge in [0.2, 0.25) is 5.88 Å². The Bertz CT molecular complexity index is 532. The number of esters is 1. The number of methoxy groups -OCH3 is 1. The number of carbonyl (C=O) groups is 2. The molecule has 0 bridgehead atoms. The fraction of sp³-hybridized carbons (Fsp3) is 0.400. The van der Waals surface area contributed by atoms with Crippen LogP contribution in [0.1, 0.15) is 32.3 Å². The van der Waals surface area contributed by atoms with Gasteiger partial charge in [-0.3, -0.25) is 4.79 Å². The highest BCUT2D eigenvalue weighted by Gasteiger charge is 2.24. The topological polar surface area (TPSA) is 91.5 Å². The molecule has 0 aliphatic rings. The lowest BCUT2D eigenvalue weighted by atomic mass is 10.0. The smallest absolute Gasteiger partial charge is 0.343 e. The van der Waals surface area contributed by atoms with Gasteiger partial charge in [0.05, 0.1) is 25.0 Å². The van der Waals surface area contributed by atoms with Crippen LogP contribution in [0.25, 0.3) is 5.70 Å². The minimum absolute atomic E-state index is 0.0249. The van der Waals surface area contributed by atoms with Crippen molar-refractivity contribution >= 4 is 17.4 Å². The van der Waals surface area contributed by atoms with Gasteiger partial charge in [-0.1, -0.05) is 6.92 Å². The van der Waals surface area contributed by atoms with Gasteiger partial charge < -0.3 is 15.2 Å². The lowest BCUT2D eigenvalue weighted by molar-refractivity contribution is -0.139. The molecule has 0 aromatic carbocycles. The van der Waals surface area contributed by atoms with Crippen molar-refractivity contribution in [1.82, 2.24) is 4.98 Å². The second kappa shape index (κ2) is 8.04. The molecule has 0 unspecified atom stereocenters. The molecule has 1 aromatic heterocycles. The zero-order valence-electron chi connectivity index (χ0n) is 12.5. The molecule has 21 heavy (non-hydrogen) atoms. The van der Waals surface area contributed by atoms with E-state index in [1.54, 1.807) is 19.1 Å². The summed E-state index contributed by atoms with van der Waals surface area (Å²) in [5, 5.41) is 0. The van der Waals surface area contributed by atoms with Crippen LogP contribution in [0.5, 0.6) is 5.88 Å². The van der Waals surface area contributed by atoms with Gasteiger partial charge in [0, 0.05) is 12.6 Å². The molecule has 1 rings (SSSR count). The van der Waals surface area contributed by atoms with Crippen LogP contribution in [0.2, 0.25) is 0 Å². The fourth-order valence-electron chi connectivity index (χ4n) is 1.82. The maximum Gasteiger partial charge on any atom is 0.343 e. The van der Waals surface area contributed by atoms with Crippen molar-refractivity contribution in [2.75, 3.05) is 13.7 Å². The third-order valence-corrected chi connectivity index (χ3v) is 2.76. The van der Waals surface area contributed by atoms with E-state index in [1.807, 2.05) is 6.92 Å². The van der Waals surface area contributed by atoms with Crippen LogP contribution in [-0.4, -0.2) is 30.5 Å². The predicted octanol–water partition coefficient (Wildman–Crippen LogP) is 1.69. The molecular formula is C15H20N2O4. The van der Waals surface area contributed by atoms with E-state index < -0.39 is 5.97 Å². The Kier molecular flexibility index (Phi) is 6.39. The fourth-order valence-corrected chi connectivity index (χ4v) is 1.82. The van der Waals surface area contributed by atoms with E-state index in [4.69, 9.17) is 15.2 Å². The summed E-state index contributed by atoms with van der Waals surface area (Å²) in [4.78, 5) is 28.2. The molecule has 0 saturated carbocycles. The van der Waals surface area contributed by atoms with Crippen molar-refractivity contribution in [3.05, 3.63) is 29.5 Å². The number of ether oxygens (including phenoxy) is 2. The minimum Gasteiger partial charge on any atom is -0.481 e. The third-order valence-electron chi connectivity index (χ3n) is 2.76. The lowest BCUT2D eigenvalue weighted by Gasteiger charge is -2.12. The summed E-state index contributed by atoms with van der Waals surface area (Å²) in [7, 11) is 1.44. The van der Waals surface area contributed by atoms with E-state index in [9.17, 15) is 9.59 Å². The Hall–Kier alpha value is -2.37. The number of hydrogen-bond acceptors (Lipinski definition) is 6. The number of Topliss-reactive ketones (excluding diaryl/α,β-unsaturated/α-hetero) is 1. The molecule has 0 radical (unpaired) electrons. The van der Waals surface area contributed by atoms with E-state index >= 15 is 0 Å². The Balaban J connectivity index is 3.38. The third kappa shape index (κ3) is 4.05. The summed E-state index contributed by atoms with van der Waals surface area (Å²) in [5.41, 5.74) is 6.29. The molecule has 0 atom stereocenters. The van der Waals surface area contributed by atoms with Crippen molar-refractivity contribution in [1.29, 1.82) is 0 Å². The highest BCUT2D eigenvalue weighted by molar-refractivity contribution is 6.22. The number of nitrogens with zero attached hydrogens (tertiary/aromatic N) is 1. The maximum absolute atomic E-state index is 12.2. The zero-order valence-corrected chi connectivity index (χ0v) is 12.5. The van der Waals surface area contributed by atoms with Crippen LogP contribution in [0.4, 0.5) is 0 Å². The van der Waals surface area contributed by atoms with Gasteiger partial charge in [-0.05, 0) is 25.5 Å². The Morgan fingerprint density at radius 1 is 1.33 bits per heavy atom. The Morgan fingerprint density at radius 2 is 2.05 bits per heavy atom. The first kappa shape index (κ1) is 16.7. The molecule has 114 valence electrons. The predicted molar refractivity (Wildman–Crippen MR) is 78.4 cm³/mol. The average Bonchev–Trinajstić information content (AvgIpc) is 2.47. The van der Waals surface area contributed by atoms with Crippen LogP contribution >= 0.6 is 0 Å². The minimum atomic E-state index is -0.723. The molecule has 0 aliphatic heterocycles. The second-order valence-electron chi connectivity index (χ2n) is 4.24. The van der Waals surface area contributed by atoms with Gasteiger partial charge in [0.25, 0.3) is 0 Å². The Labute approximate surface area is 124 Å². The first-order valence-electron chi connectivity index (χ1n) is 6.76. The van der Waals surface area contributed by atoms with Crippen molar-refractivity contribution in [2.24, 2.45) is 5.73 Å². The van der Waals surface area contributed by atoms with E-state index in [2.05, 4.69) is 4.98 Å². The van der Waals surface area contributed by atoms with Crippen molar-refractivity contribution in [3.8, 4) is 5.88 Å². The molecular weight excluding hydrogens is 272 g/mol. The summed E-state index contributed by atoms with van der Waals surface area (Å²) in [6.45, 7) is 3.68. The van der Waals surface area contributed by atoms with Crippen molar-refractivity contribution in [2.45, 2.75) is 26.7 Å². The standard InChI is InChI=1S/C15H20N2O4/c1-4-7-11(18)12(15(19)21-5-2)13(16)10-8-6-9-17-14(10)20-3/h6,8-9H,4-5,7,16H2,1-3H3. The maximum atomic E-state index is 12.2. The van der Waals surface area contributed by atoms with Gasteiger partial charge in [-0.15, -0.1) is 0 Å². The van der Waals surface area contributed by atoms with Crippen molar-refractivity contribution < 1.29 is 19.1 Å². The van der Waals surface area contributed by atoms with E-state index in [0.29, 0.717) is 12.0 Å². The number of carbonyl (C=O) groups excluding carboxylic acids is 2. The Morgan fingerprint density at radius 3 is 2.62 bits per heavy atom. The van der Waals surface area contributed by atoms with E-state index in [0.717, 1.165) is 0 Å². The summed E-state index contributed by atoms with van der Waals surface area (Å²) in [6.07, 6.45) is 2.37. The van der Waals surface area contributed by atoms with Crippen LogP contribution in [0.15, 0.2) is 23.9 Å². The monoisotopic (exact) mass is 292 g/mol. The molecule has 0 spiro atoms. The lowest BCUT2D eigenvalue weighted by Crippen LogP contribution is -2.21. The first-order chi connectivity index (χ1) is 10.1. The summed E-state index contributed by atoms with van der Waals surface area (Å²) in [6, 6.07) is 3.29. The second-order valence-corrected chi connectivity index (χ2v) is 4.24. The van der Waals surface area contributed by atoms with Crippen LogP contribution in [0, 0.1) is 0 Å². The number of pyridine rings is 1. The number of nitrogens with two attached hydrogens (primary N) is 1. The molecule has 6 nitrogen and oxygen atoms in total. The molecule has 0 saturated heterocycles. The zero-order chi connectivity index (χ0) is 15.8. The van der Waals surface area contributed by atoms with Crippen LogP contribution < -0.4 is 10.5 Å². The quantitative estimate of drug-likeness (QED) is 0.356. The van der Waals surface area contributed by atoms with Crippen LogP contribution in [-0.2, 0) is 14.3 Å². The molecule has 0 amide bonds. The molecule has 0 fully saturated rings. The average molecular weight is 292 g/mol. The molecule has 0 aliphatic carbocycles. The molecule has 2 N–H and O–H groups in total. The van der Waals surface area contributed by atoms with E-state index in [1.165, 1.54) is 13.3 Å². The highest BCUT2D eigenvalue weighted by Crippen LogP contribution is 2.24. The highest BCUT2D eigenvalue weighted by atomic mass is 16.5. The van der Waals surface area contributed by atoms with Gasteiger partial charge in [-0.25, -0.2) is 9.78 Å². The van der Waals surface area contributed by atoms with Crippen molar-refractivity contribution in [3.63, 3.8) is 0 Å². The number of hydrogen-bond donors (Lipinski definition) is 1. The largest absolute Gasteiger partial charge is 0.481 e. The molecule has 1 heterocycles. The van der Waals surface area contributed by atoms with Crippen LogP contribution in [0.3, 0.4) is 0 Å². The van der Waals surface area contributed by atoms with Gasteiger partial charge in [0.15, 0.2) is 5.78 Å².